The van der Waals surface area contributed by atoms with Gasteiger partial charge in [0.1, 0.15) is 0 Å². The summed E-state index contributed by atoms with van der Waals surface area (Å²) in [7, 11) is 0. The SMILES string of the molecule is C[C@H](N)c1cnn(CCO)c1. The molecule has 0 aliphatic heterocycles. The van der Waals surface area contributed by atoms with Crippen molar-refractivity contribution in [2.24, 2.45) is 5.73 Å². The molecule has 0 bridgehead atoms. The standard InChI is InChI=1S/C7H13N3O/c1-6(8)7-4-9-10(5-7)2-3-11/h4-6,11H,2-3,8H2,1H3/t6-/m0/s1. The number of aliphatic hydroxyl groups excluding tert-OH is 1. The predicted octanol–water partition coefficient (Wildman–Crippen LogP) is -0.105. The van der Waals surface area contributed by atoms with Crippen molar-refractivity contribution in [3.8, 4) is 0 Å². The molecule has 0 aliphatic carbocycles. The van der Waals surface area contributed by atoms with Gasteiger partial charge >= 0.3 is 0 Å². The molecule has 11 heavy (non-hydrogen) atoms. The van der Waals surface area contributed by atoms with E-state index in [1.807, 2.05) is 13.1 Å². The number of rotatable bonds is 3. The Morgan fingerprint density at radius 3 is 3.00 bits per heavy atom. The number of aliphatic hydroxyl groups is 1. The smallest absolute Gasteiger partial charge is 0.0640 e. The fraction of sp³-hybridized carbons (Fsp3) is 0.571. The third-order valence-electron chi connectivity index (χ3n) is 1.51. The maximum atomic E-state index is 8.58. The Kier molecular flexibility index (Phi) is 2.62. The van der Waals surface area contributed by atoms with Crippen LogP contribution in [-0.2, 0) is 6.54 Å². The lowest BCUT2D eigenvalue weighted by Crippen LogP contribution is -2.04. The molecular formula is C7H13N3O. The van der Waals surface area contributed by atoms with Crippen molar-refractivity contribution in [3.05, 3.63) is 18.0 Å². The second kappa shape index (κ2) is 3.50. The number of aromatic nitrogens is 2. The highest BCUT2D eigenvalue weighted by Gasteiger charge is 2.01. The van der Waals surface area contributed by atoms with E-state index in [1.54, 1.807) is 10.9 Å². The summed E-state index contributed by atoms with van der Waals surface area (Å²) >= 11 is 0. The third kappa shape index (κ3) is 2.03. The fourth-order valence-electron chi connectivity index (χ4n) is 0.839. The monoisotopic (exact) mass is 155 g/mol. The molecule has 0 saturated carbocycles. The van der Waals surface area contributed by atoms with Crippen molar-refractivity contribution < 1.29 is 5.11 Å². The van der Waals surface area contributed by atoms with Crippen molar-refractivity contribution in [1.29, 1.82) is 0 Å². The zero-order chi connectivity index (χ0) is 8.27. The van der Waals surface area contributed by atoms with Gasteiger partial charge in [-0.15, -0.1) is 0 Å². The molecule has 0 saturated heterocycles. The topological polar surface area (TPSA) is 64.1 Å². The summed E-state index contributed by atoms with van der Waals surface area (Å²) < 4.78 is 1.68. The zero-order valence-corrected chi connectivity index (χ0v) is 6.57. The summed E-state index contributed by atoms with van der Waals surface area (Å²) in [6.45, 7) is 2.55. The minimum atomic E-state index is 0.0162. The first-order valence-electron chi connectivity index (χ1n) is 3.63. The van der Waals surface area contributed by atoms with E-state index in [2.05, 4.69) is 5.10 Å². The highest BCUT2D eigenvalue weighted by molar-refractivity contribution is 5.07. The molecule has 0 aliphatic rings. The van der Waals surface area contributed by atoms with E-state index < -0.39 is 0 Å². The second-order valence-corrected chi connectivity index (χ2v) is 2.55. The van der Waals surface area contributed by atoms with E-state index in [0.717, 1.165) is 5.56 Å². The van der Waals surface area contributed by atoms with Crippen molar-refractivity contribution in [2.45, 2.75) is 19.5 Å². The van der Waals surface area contributed by atoms with Gasteiger partial charge in [0.15, 0.2) is 0 Å². The van der Waals surface area contributed by atoms with E-state index in [-0.39, 0.29) is 12.6 Å². The molecule has 0 unspecified atom stereocenters. The first kappa shape index (κ1) is 8.23. The van der Waals surface area contributed by atoms with Gasteiger partial charge in [0.2, 0.25) is 0 Å². The lowest BCUT2D eigenvalue weighted by molar-refractivity contribution is 0.269. The lowest BCUT2D eigenvalue weighted by Gasteiger charge is -1.98. The molecule has 1 atom stereocenters. The van der Waals surface area contributed by atoms with Crippen LogP contribution < -0.4 is 5.73 Å². The summed E-state index contributed by atoms with van der Waals surface area (Å²) in [5.41, 5.74) is 6.61. The third-order valence-corrected chi connectivity index (χ3v) is 1.51. The van der Waals surface area contributed by atoms with Crippen molar-refractivity contribution in [1.82, 2.24) is 9.78 Å². The van der Waals surface area contributed by atoms with E-state index >= 15 is 0 Å². The number of hydrogen-bond acceptors (Lipinski definition) is 3. The van der Waals surface area contributed by atoms with Crippen LogP contribution in [0.15, 0.2) is 12.4 Å². The normalized spacial score (nSPS) is 13.4. The molecule has 0 spiro atoms. The molecule has 0 fully saturated rings. The minimum absolute atomic E-state index is 0.0162. The predicted molar refractivity (Wildman–Crippen MR) is 41.9 cm³/mol. The maximum Gasteiger partial charge on any atom is 0.0640 e. The van der Waals surface area contributed by atoms with Crippen LogP contribution in [0.3, 0.4) is 0 Å². The second-order valence-electron chi connectivity index (χ2n) is 2.55. The van der Waals surface area contributed by atoms with Crippen LogP contribution in [0.5, 0.6) is 0 Å². The molecule has 1 rings (SSSR count). The fourth-order valence-corrected chi connectivity index (χ4v) is 0.839. The molecule has 1 aromatic rings. The van der Waals surface area contributed by atoms with Crippen LogP contribution in [0.4, 0.5) is 0 Å². The summed E-state index contributed by atoms with van der Waals surface area (Å²) in [6, 6.07) is 0.0162. The van der Waals surface area contributed by atoms with Gasteiger partial charge in [-0.25, -0.2) is 0 Å². The van der Waals surface area contributed by atoms with Crippen LogP contribution in [0.2, 0.25) is 0 Å². The van der Waals surface area contributed by atoms with Gasteiger partial charge in [-0.1, -0.05) is 0 Å². The highest BCUT2D eigenvalue weighted by atomic mass is 16.3. The van der Waals surface area contributed by atoms with E-state index in [4.69, 9.17) is 10.8 Å². The van der Waals surface area contributed by atoms with E-state index in [1.165, 1.54) is 0 Å². The highest BCUT2D eigenvalue weighted by Crippen LogP contribution is 2.06. The first-order valence-corrected chi connectivity index (χ1v) is 3.63. The van der Waals surface area contributed by atoms with Crippen LogP contribution >= 0.6 is 0 Å². The molecule has 4 nitrogen and oxygen atoms in total. The molecule has 0 radical (unpaired) electrons. The summed E-state index contributed by atoms with van der Waals surface area (Å²) in [5.74, 6) is 0. The Bertz CT molecular complexity index is 219. The van der Waals surface area contributed by atoms with Crippen LogP contribution in [0.1, 0.15) is 18.5 Å². The molecule has 62 valence electrons. The number of nitrogens with zero attached hydrogens (tertiary/aromatic N) is 2. The molecule has 4 heteroatoms. The van der Waals surface area contributed by atoms with Crippen LogP contribution in [0, 0.1) is 0 Å². The molecule has 1 heterocycles. The van der Waals surface area contributed by atoms with Crippen molar-refractivity contribution in [3.63, 3.8) is 0 Å². The lowest BCUT2D eigenvalue weighted by atomic mass is 10.2. The molecular weight excluding hydrogens is 142 g/mol. The average molecular weight is 155 g/mol. The largest absolute Gasteiger partial charge is 0.394 e. The minimum Gasteiger partial charge on any atom is -0.394 e. The summed E-state index contributed by atoms with van der Waals surface area (Å²) in [6.07, 6.45) is 3.57. The Morgan fingerprint density at radius 2 is 2.55 bits per heavy atom. The van der Waals surface area contributed by atoms with Gasteiger partial charge in [0, 0.05) is 17.8 Å². The van der Waals surface area contributed by atoms with Crippen LogP contribution in [0.25, 0.3) is 0 Å². The molecule has 0 aromatic carbocycles. The van der Waals surface area contributed by atoms with Gasteiger partial charge in [0.25, 0.3) is 0 Å². The molecule has 0 amide bonds. The Morgan fingerprint density at radius 1 is 1.82 bits per heavy atom. The van der Waals surface area contributed by atoms with Gasteiger partial charge in [0.05, 0.1) is 19.3 Å². The molecule has 1 aromatic heterocycles. The van der Waals surface area contributed by atoms with Gasteiger partial charge in [-0.2, -0.15) is 5.10 Å². The average Bonchev–Trinajstić information content (AvgIpc) is 2.37. The summed E-state index contributed by atoms with van der Waals surface area (Å²) in [5, 5.41) is 12.6. The van der Waals surface area contributed by atoms with Crippen molar-refractivity contribution in [2.75, 3.05) is 6.61 Å². The number of hydrogen-bond donors (Lipinski definition) is 2. The quantitative estimate of drug-likeness (QED) is 0.640. The van der Waals surface area contributed by atoms with Gasteiger partial charge in [-0.3, -0.25) is 4.68 Å². The Hall–Kier alpha value is -0.870. The Labute approximate surface area is 65.6 Å². The van der Waals surface area contributed by atoms with Gasteiger partial charge in [-0.05, 0) is 6.92 Å². The van der Waals surface area contributed by atoms with E-state index in [0.29, 0.717) is 6.54 Å². The molecule has 3 N–H and O–H groups in total. The maximum absolute atomic E-state index is 8.58. The van der Waals surface area contributed by atoms with Crippen LogP contribution in [-0.4, -0.2) is 21.5 Å². The van der Waals surface area contributed by atoms with Crippen molar-refractivity contribution >= 4 is 0 Å². The first-order chi connectivity index (χ1) is 5.24. The Balaban J connectivity index is 2.66. The van der Waals surface area contributed by atoms with Gasteiger partial charge < -0.3 is 10.8 Å². The van der Waals surface area contributed by atoms with E-state index in [9.17, 15) is 0 Å². The number of nitrogens with two attached hydrogens (primary N) is 1. The summed E-state index contributed by atoms with van der Waals surface area (Å²) in [4.78, 5) is 0. The zero-order valence-electron chi connectivity index (χ0n) is 6.57.